The maximum Gasteiger partial charge on any atom is 0.164 e. The summed E-state index contributed by atoms with van der Waals surface area (Å²) in [6.07, 6.45) is 8.68. The summed E-state index contributed by atoms with van der Waals surface area (Å²) >= 11 is 0. The minimum absolute atomic E-state index is 0.150. The van der Waals surface area contributed by atoms with Gasteiger partial charge in [0.1, 0.15) is 23.5 Å². The van der Waals surface area contributed by atoms with E-state index in [1.165, 1.54) is 32.0 Å². The van der Waals surface area contributed by atoms with Gasteiger partial charge in [-0.05, 0) is 83.4 Å². The summed E-state index contributed by atoms with van der Waals surface area (Å²) in [6.45, 7) is 7.48. The molecule has 31 heavy (non-hydrogen) atoms. The van der Waals surface area contributed by atoms with Crippen molar-refractivity contribution in [1.82, 2.24) is 20.2 Å². The van der Waals surface area contributed by atoms with Gasteiger partial charge in [0.15, 0.2) is 5.82 Å². The first kappa shape index (κ1) is 20.6. The predicted molar refractivity (Wildman–Crippen MR) is 120 cm³/mol. The van der Waals surface area contributed by atoms with Gasteiger partial charge in [-0.3, -0.25) is 0 Å². The SMILES string of the molecule is Fc1cc(OC2CCNCC2)ccc1-c1ncc2c(n1)N(CCCN1CCCC1)CC2. The Kier molecular flexibility index (Phi) is 6.32. The van der Waals surface area contributed by atoms with Crippen LogP contribution in [-0.2, 0) is 6.42 Å². The summed E-state index contributed by atoms with van der Waals surface area (Å²) in [5.74, 6) is 1.68. The Labute approximate surface area is 183 Å². The monoisotopic (exact) mass is 425 g/mol. The number of hydrogen-bond acceptors (Lipinski definition) is 6. The van der Waals surface area contributed by atoms with E-state index in [2.05, 4.69) is 20.1 Å². The quantitative estimate of drug-likeness (QED) is 0.735. The van der Waals surface area contributed by atoms with Crippen molar-refractivity contribution in [3.05, 3.63) is 35.8 Å². The lowest BCUT2D eigenvalue weighted by Crippen LogP contribution is -2.34. The molecule has 1 aromatic heterocycles. The fourth-order valence-corrected chi connectivity index (χ4v) is 4.90. The first-order chi connectivity index (χ1) is 15.3. The molecule has 0 spiro atoms. The molecule has 166 valence electrons. The van der Waals surface area contributed by atoms with Crippen LogP contribution in [0.15, 0.2) is 24.4 Å². The van der Waals surface area contributed by atoms with E-state index in [1.807, 2.05) is 12.3 Å². The van der Waals surface area contributed by atoms with Crippen LogP contribution in [-0.4, -0.2) is 66.8 Å². The third-order valence-corrected chi connectivity index (χ3v) is 6.66. The zero-order chi connectivity index (χ0) is 21.0. The minimum Gasteiger partial charge on any atom is -0.490 e. The zero-order valence-corrected chi connectivity index (χ0v) is 18.2. The highest BCUT2D eigenvalue weighted by molar-refractivity contribution is 5.62. The maximum absolute atomic E-state index is 14.9. The van der Waals surface area contributed by atoms with Crippen molar-refractivity contribution in [2.24, 2.45) is 0 Å². The van der Waals surface area contributed by atoms with Crippen LogP contribution in [0.3, 0.4) is 0 Å². The lowest BCUT2D eigenvalue weighted by atomic mass is 10.1. The van der Waals surface area contributed by atoms with Gasteiger partial charge < -0.3 is 19.9 Å². The Bertz CT molecular complexity index is 896. The molecular weight excluding hydrogens is 393 g/mol. The van der Waals surface area contributed by atoms with Crippen LogP contribution in [0.4, 0.5) is 10.2 Å². The molecule has 7 heteroatoms. The van der Waals surface area contributed by atoms with Crippen LogP contribution in [0.1, 0.15) is 37.7 Å². The molecule has 3 aliphatic rings. The summed E-state index contributed by atoms with van der Waals surface area (Å²) in [7, 11) is 0. The van der Waals surface area contributed by atoms with E-state index in [4.69, 9.17) is 9.72 Å². The van der Waals surface area contributed by atoms with Gasteiger partial charge in [0.25, 0.3) is 0 Å². The highest BCUT2D eigenvalue weighted by Gasteiger charge is 2.23. The molecule has 6 nitrogen and oxygen atoms in total. The zero-order valence-electron chi connectivity index (χ0n) is 18.2. The lowest BCUT2D eigenvalue weighted by Gasteiger charge is -2.24. The van der Waals surface area contributed by atoms with E-state index in [0.717, 1.165) is 69.8 Å². The molecule has 0 unspecified atom stereocenters. The molecule has 2 saturated heterocycles. The number of fused-ring (bicyclic) bond motifs is 1. The fourth-order valence-electron chi connectivity index (χ4n) is 4.90. The molecule has 0 atom stereocenters. The molecule has 4 heterocycles. The second kappa shape index (κ2) is 9.49. The van der Waals surface area contributed by atoms with Crippen LogP contribution in [0.2, 0.25) is 0 Å². The number of nitrogens with zero attached hydrogens (tertiary/aromatic N) is 4. The van der Waals surface area contributed by atoms with Gasteiger partial charge in [0.05, 0.1) is 5.56 Å². The number of piperidine rings is 1. The number of likely N-dealkylation sites (tertiary alicyclic amines) is 1. The van der Waals surface area contributed by atoms with Crippen molar-refractivity contribution in [1.29, 1.82) is 0 Å². The number of rotatable bonds is 7. The number of nitrogens with one attached hydrogen (secondary N) is 1. The molecule has 2 fully saturated rings. The number of aromatic nitrogens is 2. The number of hydrogen-bond donors (Lipinski definition) is 1. The molecule has 2 aromatic rings. The molecule has 3 aliphatic heterocycles. The Morgan fingerprint density at radius 2 is 1.94 bits per heavy atom. The smallest absolute Gasteiger partial charge is 0.164 e. The number of ether oxygens (including phenoxy) is 1. The number of halogens is 1. The van der Waals surface area contributed by atoms with E-state index < -0.39 is 0 Å². The standard InChI is InChI=1S/C24H32FN5O/c25-22-16-20(31-19-6-9-26-10-7-19)4-5-21(22)23-27-17-18-8-15-30(24(18)28-23)14-3-13-29-11-1-2-12-29/h4-5,16-17,19,26H,1-3,6-15H2. The molecule has 5 rings (SSSR count). The van der Waals surface area contributed by atoms with Crippen molar-refractivity contribution >= 4 is 5.82 Å². The fraction of sp³-hybridized carbons (Fsp3) is 0.583. The second-order valence-corrected chi connectivity index (χ2v) is 8.89. The van der Waals surface area contributed by atoms with E-state index in [-0.39, 0.29) is 11.9 Å². The third-order valence-electron chi connectivity index (χ3n) is 6.66. The summed E-state index contributed by atoms with van der Waals surface area (Å²) < 4.78 is 20.9. The molecule has 0 radical (unpaired) electrons. The highest BCUT2D eigenvalue weighted by Crippen LogP contribution is 2.30. The number of anilines is 1. The van der Waals surface area contributed by atoms with Crippen LogP contribution in [0.25, 0.3) is 11.4 Å². The van der Waals surface area contributed by atoms with Crippen molar-refractivity contribution in [2.75, 3.05) is 50.7 Å². The van der Waals surface area contributed by atoms with Crippen molar-refractivity contribution in [3.63, 3.8) is 0 Å². The largest absolute Gasteiger partial charge is 0.490 e. The van der Waals surface area contributed by atoms with E-state index in [9.17, 15) is 4.39 Å². The lowest BCUT2D eigenvalue weighted by molar-refractivity contribution is 0.162. The van der Waals surface area contributed by atoms with Gasteiger partial charge in [-0.1, -0.05) is 0 Å². The van der Waals surface area contributed by atoms with Gasteiger partial charge in [-0.2, -0.15) is 0 Å². The van der Waals surface area contributed by atoms with Crippen LogP contribution in [0.5, 0.6) is 5.75 Å². The van der Waals surface area contributed by atoms with E-state index in [0.29, 0.717) is 17.1 Å². The normalized spacial score (nSPS) is 19.7. The van der Waals surface area contributed by atoms with Gasteiger partial charge in [-0.25, -0.2) is 14.4 Å². The van der Waals surface area contributed by atoms with Gasteiger partial charge in [0.2, 0.25) is 0 Å². The van der Waals surface area contributed by atoms with Crippen molar-refractivity contribution < 1.29 is 9.13 Å². The van der Waals surface area contributed by atoms with Crippen LogP contribution < -0.4 is 15.0 Å². The summed E-state index contributed by atoms with van der Waals surface area (Å²) in [6, 6.07) is 5.06. The molecule has 0 bridgehead atoms. The Morgan fingerprint density at radius 3 is 2.74 bits per heavy atom. The topological polar surface area (TPSA) is 53.5 Å². The van der Waals surface area contributed by atoms with Gasteiger partial charge in [-0.15, -0.1) is 0 Å². The number of benzene rings is 1. The summed E-state index contributed by atoms with van der Waals surface area (Å²) in [5.41, 5.74) is 1.60. The average molecular weight is 426 g/mol. The van der Waals surface area contributed by atoms with E-state index >= 15 is 0 Å². The minimum atomic E-state index is -0.329. The molecular formula is C24H32FN5O. The van der Waals surface area contributed by atoms with Crippen molar-refractivity contribution in [3.8, 4) is 17.1 Å². The molecule has 0 aliphatic carbocycles. The third kappa shape index (κ3) is 4.83. The van der Waals surface area contributed by atoms with E-state index in [1.54, 1.807) is 6.07 Å². The van der Waals surface area contributed by atoms with Crippen LogP contribution >= 0.6 is 0 Å². The second-order valence-electron chi connectivity index (χ2n) is 8.89. The molecule has 0 saturated carbocycles. The Morgan fingerprint density at radius 1 is 1.10 bits per heavy atom. The molecule has 1 aromatic carbocycles. The highest BCUT2D eigenvalue weighted by atomic mass is 19.1. The van der Waals surface area contributed by atoms with Gasteiger partial charge in [0, 0.05) is 30.9 Å². The maximum atomic E-state index is 14.9. The molecule has 0 amide bonds. The van der Waals surface area contributed by atoms with Crippen molar-refractivity contribution in [2.45, 2.75) is 44.6 Å². The molecule has 1 N–H and O–H groups in total. The van der Waals surface area contributed by atoms with Crippen LogP contribution in [0, 0.1) is 5.82 Å². The summed E-state index contributed by atoms with van der Waals surface area (Å²) in [5, 5.41) is 3.32. The van der Waals surface area contributed by atoms with Gasteiger partial charge >= 0.3 is 0 Å². The first-order valence-corrected chi connectivity index (χ1v) is 11.8. The Hall–Kier alpha value is -2.25. The average Bonchev–Trinajstić information content (AvgIpc) is 3.45. The first-order valence-electron chi connectivity index (χ1n) is 11.8. The summed E-state index contributed by atoms with van der Waals surface area (Å²) in [4.78, 5) is 14.1. The Balaban J connectivity index is 1.26. The predicted octanol–water partition coefficient (Wildman–Crippen LogP) is 3.26.